The molecule has 0 atom stereocenters. The van der Waals surface area contributed by atoms with Crippen LogP contribution in [0, 0.1) is 0 Å². The molecule has 92 valence electrons. The number of carbonyl (C=O) groups excluding carboxylic acids is 1. The van der Waals surface area contributed by atoms with Crippen molar-refractivity contribution >= 4 is 11.7 Å². The summed E-state index contributed by atoms with van der Waals surface area (Å²) in [6.07, 6.45) is 5.01. The van der Waals surface area contributed by atoms with Crippen molar-refractivity contribution in [3.05, 3.63) is 54.0 Å². The van der Waals surface area contributed by atoms with Crippen molar-refractivity contribution < 1.29 is 4.79 Å². The third kappa shape index (κ3) is 3.04. The predicted octanol–water partition coefficient (Wildman–Crippen LogP) is 1.45. The Morgan fingerprint density at radius 2 is 2.00 bits per heavy atom. The van der Waals surface area contributed by atoms with Crippen LogP contribution in [0.25, 0.3) is 0 Å². The van der Waals surface area contributed by atoms with Crippen LogP contribution in [0.3, 0.4) is 0 Å². The molecule has 5 heteroatoms. The number of nitrogens with one attached hydrogen (secondary N) is 2. The molecule has 2 rings (SSSR count). The van der Waals surface area contributed by atoms with E-state index in [4.69, 9.17) is 0 Å². The predicted molar refractivity (Wildman–Crippen MR) is 69.2 cm³/mol. The van der Waals surface area contributed by atoms with Crippen LogP contribution in [-0.4, -0.2) is 22.9 Å². The molecule has 0 saturated heterocycles. The summed E-state index contributed by atoms with van der Waals surface area (Å²) in [5, 5.41) is 5.74. The van der Waals surface area contributed by atoms with Crippen molar-refractivity contribution in [2.24, 2.45) is 0 Å². The van der Waals surface area contributed by atoms with Crippen LogP contribution in [0.2, 0.25) is 0 Å². The topological polar surface area (TPSA) is 66.9 Å². The molecule has 5 nitrogen and oxygen atoms in total. The van der Waals surface area contributed by atoms with Crippen molar-refractivity contribution in [2.45, 2.75) is 6.54 Å². The van der Waals surface area contributed by atoms with Crippen molar-refractivity contribution in [1.29, 1.82) is 0 Å². The quantitative estimate of drug-likeness (QED) is 0.851. The Morgan fingerprint density at radius 1 is 1.22 bits per heavy atom. The standard InChI is InChI=1S/C13H14N4O/c1-14-12-8-11(4-7-16-12)13(18)17-9-10-2-5-15-6-3-10/h2-8H,9H2,1H3,(H,14,16)(H,17,18). The highest BCUT2D eigenvalue weighted by molar-refractivity contribution is 5.94. The summed E-state index contributed by atoms with van der Waals surface area (Å²) >= 11 is 0. The molecule has 2 aromatic rings. The van der Waals surface area contributed by atoms with Gasteiger partial charge in [0.25, 0.3) is 5.91 Å². The second-order valence-corrected chi connectivity index (χ2v) is 3.72. The number of aromatic nitrogens is 2. The Hall–Kier alpha value is -2.43. The lowest BCUT2D eigenvalue weighted by Crippen LogP contribution is -2.22. The lowest BCUT2D eigenvalue weighted by Gasteiger charge is -2.06. The number of pyridine rings is 2. The smallest absolute Gasteiger partial charge is 0.251 e. The molecule has 0 spiro atoms. The largest absolute Gasteiger partial charge is 0.373 e. The van der Waals surface area contributed by atoms with Crippen molar-refractivity contribution in [2.75, 3.05) is 12.4 Å². The maximum atomic E-state index is 11.9. The van der Waals surface area contributed by atoms with Crippen LogP contribution in [0.4, 0.5) is 5.82 Å². The van der Waals surface area contributed by atoms with Crippen molar-refractivity contribution in [3.63, 3.8) is 0 Å². The fraction of sp³-hybridized carbons (Fsp3) is 0.154. The minimum absolute atomic E-state index is 0.120. The number of carbonyl (C=O) groups is 1. The van der Waals surface area contributed by atoms with Crippen LogP contribution >= 0.6 is 0 Å². The molecule has 18 heavy (non-hydrogen) atoms. The first-order valence-corrected chi connectivity index (χ1v) is 5.60. The fourth-order valence-corrected chi connectivity index (χ4v) is 1.49. The Labute approximate surface area is 105 Å². The van der Waals surface area contributed by atoms with E-state index in [1.165, 1.54) is 0 Å². The van der Waals surface area contributed by atoms with E-state index in [0.717, 1.165) is 5.56 Å². The molecule has 0 fully saturated rings. The number of hydrogen-bond acceptors (Lipinski definition) is 4. The molecule has 0 aliphatic rings. The lowest BCUT2D eigenvalue weighted by atomic mass is 10.2. The van der Waals surface area contributed by atoms with Crippen molar-refractivity contribution in [1.82, 2.24) is 15.3 Å². The van der Waals surface area contributed by atoms with E-state index >= 15 is 0 Å². The first kappa shape index (κ1) is 12.0. The highest BCUT2D eigenvalue weighted by atomic mass is 16.1. The Bertz CT molecular complexity index is 528. The molecule has 2 N–H and O–H groups in total. The number of anilines is 1. The number of nitrogens with zero attached hydrogens (tertiary/aromatic N) is 2. The first-order valence-electron chi connectivity index (χ1n) is 5.60. The molecular formula is C13H14N4O. The fourth-order valence-electron chi connectivity index (χ4n) is 1.49. The second kappa shape index (κ2) is 5.77. The Balaban J connectivity index is 1.99. The monoisotopic (exact) mass is 242 g/mol. The summed E-state index contributed by atoms with van der Waals surface area (Å²) < 4.78 is 0. The summed E-state index contributed by atoms with van der Waals surface area (Å²) in [4.78, 5) is 19.9. The lowest BCUT2D eigenvalue weighted by molar-refractivity contribution is 0.0951. The third-order valence-corrected chi connectivity index (χ3v) is 2.48. The van der Waals surface area contributed by atoms with Crippen LogP contribution in [0.1, 0.15) is 15.9 Å². The van der Waals surface area contributed by atoms with Gasteiger partial charge in [-0.25, -0.2) is 4.98 Å². The minimum Gasteiger partial charge on any atom is -0.373 e. The highest BCUT2D eigenvalue weighted by Crippen LogP contribution is 2.06. The summed E-state index contributed by atoms with van der Waals surface area (Å²) in [6.45, 7) is 0.485. The van der Waals surface area contributed by atoms with Crippen LogP contribution in [-0.2, 0) is 6.54 Å². The third-order valence-electron chi connectivity index (χ3n) is 2.48. The van der Waals surface area contributed by atoms with Gasteiger partial charge in [0.2, 0.25) is 0 Å². The van der Waals surface area contributed by atoms with Gasteiger partial charge in [-0.1, -0.05) is 0 Å². The summed E-state index contributed by atoms with van der Waals surface area (Å²) in [7, 11) is 1.76. The van der Waals surface area contributed by atoms with Gasteiger partial charge >= 0.3 is 0 Å². The van der Waals surface area contributed by atoms with Gasteiger partial charge in [0.1, 0.15) is 5.82 Å². The Morgan fingerprint density at radius 3 is 2.72 bits per heavy atom. The maximum Gasteiger partial charge on any atom is 0.251 e. The minimum atomic E-state index is -0.120. The average Bonchev–Trinajstić information content (AvgIpc) is 2.46. The average molecular weight is 242 g/mol. The number of rotatable bonds is 4. The molecule has 0 radical (unpaired) electrons. The van der Waals surface area contributed by atoms with E-state index in [1.54, 1.807) is 37.8 Å². The highest BCUT2D eigenvalue weighted by Gasteiger charge is 2.05. The van der Waals surface area contributed by atoms with E-state index in [2.05, 4.69) is 20.6 Å². The van der Waals surface area contributed by atoms with Crippen molar-refractivity contribution in [3.8, 4) is 0 Å². The zero-order valence-electron chi connectivity index (χ0n) is 10.1. The second-order valence-electron chi connectivity index (χ2n) is 3.72. The molecule has 0 bridgehead atoms. The zero-order valence-corrected chi connectivity index (χ0v) is 10.1. The molecule has 2 aromatic heterocycles. The van der Waals surface area contributed by atoms with E-state index < -0.39 is 0 Å². The van der Waals surface area contributed by atoms with E-state index in [9.17, 15) is 4.79 Å². The van der Waals surface area contributed by atoms with Crippen LogP contribution < -0.4 is 10.6 Å². The summed E-state index contributed by atoms with van der Waals surface area (Å²) in [5.41, 5.74) is 1.60. The van der Waals surface area contributed by atoms with Crippen LogP contribution in [0.15, 0.2) is 42.9 Å². The molecule has 0 saturated carbocycles. The molecule has 0 unspecified atom stereocenters. The number of amides is 1. The zero-order chi connectivity index (χ0) is 12.8. The van der Waals surface area contributed by atoms with Gasteiger partial charge in [0.05, 0.1) is 0 Å². The van der Waals surface area contributed by atoms with Gasteiger partial charge in [0, 0.05) is 37.7 Å². The molecule has 0 aromatic carbocycles. The normalized spacial score (nSPS) is 9.83. The first-order chi connectivity index (χ1) is 8.79. The SMILES string of the molecule is CNc1cc(C(=O)NCc2ccncc2)ccn1. The van der Waals surface area contributed by atoms with E-state index in [-0.39, 0.29) is 5.91 Å². The van der Waals surface area contributed by atoms with Gasteiger partial charge in [-0.2, -0.15) is 0 Å². The van der Waals surface area contributed by atoms with Gasteiger partial charge in [-0.05, 0) is 29.8 Å². The Kier molecular flexibility index (Phi) is 3.86. The molecular weight excluding hydrogens is 228 g/mol. The van der Waals surface area contributed by atoms with E-state index in [1.807, 2.05) is 12.1 Å². The molecule has 0 aliphatic carbocycles. The van der Waals surface area contributed by atoms with Gasteiger partial charge < -0.3 is 10.6 Å². The van der Waals surface area contributed by atoms with Crippen LogP contribution in [0.5, 0.6) is 0 Å². The van der Waals surface area contributed by atoms with Gasteiger partial charge in [0.15, 0.2) is 0 Å². The van der Waals surface area contributed by atoms with E-state index in [0.29, 0.717) is 17.9 Å². The number of hydrogen-bond donors (Lipinski definition) is 2. The molecule has 0 aliphatic heterocycles. The maximum absolute atomic E-state index is 11.9. The van der Waals surface area contributed by atoms with Gasteiger partial charge in [-0.15, -0.1) is 0 Å². The molecule has 2 heterocycles. The molecule has 1 amide bonds. The summed E-state index contributed by atoms with van der Waals surface area (Å²) in [6, 6.07) is 7.13. The van der Waals surface area contributed by atoms with Gasteiger partial charge in [-0.3, -0.25) is 9.78 Å². The summed E-state index contributed by atoms with van der Waals surface area (Å²) in [5.74, 6) is 0.553.